The van der Waals surface area contributed by atoms with Crippen LogP contribution in [0.1, 0.15) is 19.8 Å². The number of halogens is 1. The second-order valence-corrected chi connectivity index (χ2v) is 6.43. The Morgan fingerprint density at radius 2 is 1.83 bits per heavy atom. The molecule has 0 aromatic heterocycles. The van der Waals surface area contributed by atoms with Gasteiger partial charge in [-0.2, -0.15) is 0 Å². The topological polar surface area (TPSA) is 79.0 Å². The van der Waals surface area contributed by atoms with Gasteiger partial charge in [0.2, 0.25) is 17.7 Å². The van der Waals surface area contributed by atoms with Gasteiger partial charge in [0, 0.05) is 20.1 Å². The molecule has 0 saturated carbocycles. The fourth-order valence-corrected chi connectivity index (χ4v) is 3.94. The Morgan fingerprint density at radius 3 is 2.30 bits per heavy atom. The minimum Gasteiger partial charge on any atom is -0.373 e. The molecule has 3 aliphatic heterocycles. The van der Waals surface area contributed by atoms with E-state index in [9.17, 15) is 14.4 Å². The van der Waals surface area contributed by atoms with Crippen LogP contribution in [0.25, 0.3) is 0 Å². The molecule has 23 heavy (non-hydrogen) atoms. The number of fused-ring (bicyclic) bond motifs is 5. The van der Waals surface area contributed by atoms with E-state index < -0.39 is 6.04 Å². The second-order valence-electron chi connectivity index (χ2n) is 6.43. The summed E-state index contributed by atoms with van der Waals surface area (Å²) >= 11 is 0. The molecule has 3 amide bonds. The van der Waals surface area contributed by atoms with E-state index in [0.29, 0.717) is 13.1 Å². The standard InChI is InChI=1S/C15H23N3O4.ClH/c1-8(13(19)17(3)7-6-16-2)18-14(20)11-9-4-5-10(22-9)12(11)15(18)21;/h8-12,16H,4-7H2,1-3H3;1H. The van der Waals surface area contributed by atoms with Crippen LogP contribution in [0.2, 0.25) is 0 Å². The number of ether oxygens (including phenoxy) is 1. The molecule has 0 aromatic carbocycles. The number of imide groups is 1. The summed E-state index contributed by atoms with van der Waals surface area (Å²) in [4.78, 5) is 40.4. The number of likely N-dealkylation sites (tertiary alicyclic amines) is 1. The number of nitrogens with zero attached hydrogens (tertiary/aromatic N) is 2. The van der Waals surface area contributed by atoms with Gasteiger partial charge in [0.15, 0.2) is 0 Å². The van der Waals surface area contributed by atoms with Gasteiger partial charge >= 0.3 is 0 Å². The zero-order valence-corrected chi connectivity index (χ0v) is 14.5. The van der Waals surface area contributed by atoms with E-state index in [1.165, 1.54) is 4.90 Å². The maximum atomic E-state index is 12.6. The van der Waals surface area contributed by atoms with Crippen molar-refractivity contribution < 1.29 is 19.1 Å². The predicted molar refractivity (Wildman–Crippen MR) is 85.0 cm³/mol. The van der Waals surface area contributed by atoms with E-state index >= 15 is 0 Å². The number of carbonyl (C=O) groups is 3. The Labute approximate surface area is 142 Å². The average molecular weight is 346 g/mol. The molecule has 2 bridgehead atoms. The van der Waals surface area contributed by atoms with E-state index in [1.807, 2.05) is 7.05 Å². The molecule has 1 N–H and O–H groups in total. The lowest BCUT2D eigenvalue weighted by Gasteiger charge is -2.28. The molecule has 5 atom stereocenters. The molecular weight excluding hydrogens is 322 g/mol. The van der Waals surface area contributed by atoms with E-state index in [0.717, 1.165) is 12.8 Å². The maximum Gasteiger partial charge on any atom is 0.245 e. The van der Waals surface area contributed by atoms with E-state index in [4.69, 9.17) is 4.74 Å². The highest BCUT2D eigenvalue weighted by Crippen LogP contribution is 2.48. The average Bonchev–Trinajstić information content (AvgIpc) is 3.17. The minimum absolute atomic E-state index is 0. The summed E-state index contributed by atoms with van der Waals surface area (Å²) in [7, 11) is 3.50. The fourth-order valence-electron chi connectivity index (χ4n) is 3.94. The van der Waals surface area contributed by atoms with Crippen LogP contribution in [-0.2, 0) is 19.1 Å². The van der Waals surface area contributed by atoms with Crippen LogP contribution in [0.3, 0.4) is 0 Å². The number of likely N-dealkylation sites (N-methyl/N-ethyl adjacent to an activating group) is 2. The van der Waals surface area contributed by atoms with Gasteiger partial charge in [-0.25, -0.2) is 0 Å². The Balaban J connectivity index is 0.00000192. The van der Waals surface area contributed by atoms with Gasteiger partial charge in [-0.15, -0.1) is 12.4 Å². The third-order valence-corrected chi connectivity index (χ3v) is 5.14. The molecule has 0 aromatic rings. The van der Waals surface area contributed by atoms with Gasteiger partial charge in [0.25, 0.3) is 0 Å². The van der Waals surface area contributed by atoms with Crippen LogP contribution in [0, 0.1) is 11.8 Å². The zero-order valence-electron chi connectivity index (χ0n) is 13.7. The Morgan fingerprint density at radius 1 is 1.30 bits per heavy atom. The van der Waals surface area contributed by atoms with E-state index in [1.54, 1.807) is 18.9 Å². The number of nitrogens with one attached hydrogen (secondary N) is 1. The number of hydrogen-bond donors (Lipinski definition) is 1. The largest absolute Gasteiger partial charge is 0.373 e. The predicted octanol–water partition coefficient (Wildman–Crippen LogP) is -0.363. The van der Waals surface area contributed by atoms with E-state index in [2.05, 4.69) is 5.32 Å². The smallest absolute Gasteiger partial charge is 0.245 e. The van der Waals surface area contributed by atoms with Gasteiger partial charge in [-0.05, 0) is 26.8 Å². The monoisotopic (exact) mass is 345 g/mol. The van der Waals surface area contributed by atoms with Gasteiger partial charge in [0.05, 0.1) is 24.0 Å². The van der Waals surface area contributed by atoms with Crippen LogP contribution >= 0.6 is 12.4 Å². The first-order valence-corrected chi connectivity index (χ1v) is 7.89. The highest BCUT2D eigenvalue weighted by molar-refractivity contribution is 6.09. The van der Waals surface area contributed by atoms with Crippen LogP contribution in [0.15, 0.2) is 0 Å². The summed E-state index contributed by atoms with van der Waals surface area (Å²) in [5.41, 5.74) is 0. The number of rotatable bonds is 5. The van der Waals surface area contributed by atoms with Crippen molar-refractivity contribution in [3.05, 3.63) is 0 Å². The van der Waals surface area contributed by atoms with Crippen molar-refractivity contribution in [3.8, 4) is 0 Å². The molecule has 3 aliphatic rings. The molecule has 8 heteroatoms. The van der Waals surface area contributed by atoms with Gasteiger partial charge < -0.3 is 15.0 Å². The van der Waals surface area contributed by atoms with Crippen molar-refractivity contribution in [2.75, 3.05) is 27.2 Å². The lowest BCUT2D eigenvalue weighted by molar-refractivity contribution is -0.152. The quantitative estimate of drug-likeness (QED) is 0.688. The van der Waals surface area contributed by atoms with E-state index in [-0.39, 0.29) is 54.2 Å². The highest BCUT2D eigenvalue weighted by Gasteiger charge is 2.63. The molecule has 3 rings (SSSR count). The minimum atomic E-state index is -0.744. The van der Waals surface area contributed by atoms with Crippen molar-refractivity contribution in [1.82, 2.24) is 15.1 Å². The first-order chi connectivity index (χ1) is 10.5. The number of amides is 3. The van der Waals surface area contributed by atoms with Crippen LogP contribution < -0.4 is 5.32 Å². The van der Waals surface area contributed by atoms with Gasteiger partial charge in [-0.3, -0.25) is 19.3 Å². The van der Waals surface area contributed by atoms with Gasteiger partial charge in [0.1, 0.15) is 6.04 Å². The molecule has 130 valence electrons. The third kappa shape index (κ3) is 2.75. The molecule has 3 fully saturated rings. The van der Waals surface area contributed by atoms with Crippen LogP contribution in [-0.4, -0.2) is 73.0 Å². The Kier molecular flexibility index (Phi) is 5.33. The van der Waals surface area contributed by atoms with Crippen LogP contribution in [0.4, 0.5) is 0 Å². The first-order valence-electron chi connectivity index (χ1n) is 7.89. The summed E-state index contributed by atoms with van der Waals surface area (Å²) in [5, 5.41) is 2.97. The lowest BCUT2D eigenvalue weighted by atomic mass is 9.81. The summed E-state index contributed by atoms with van der Waals surface area (Å²) in [6.07, 6.45) is 1.40. The summed E-state index contributed by atoms with van der Waals surface area (Å²) < 4.78 is 5.70. The fraction of sp³-hybridized carbons (Fsp3) is 0.800. The summed E-state index contributed by atoms with van der Waals surface area (Å²) in [6, 6.07) is -0.744. The molecule has 3 saturated heterocycles. The highest BCUT2D eigenvalue weighted by atomic mass is 35.5. The van der Waals surface area contributed by atoms with Crippen molar-refractivity contribution in [3.63, 3.8) is 0 Å². The van der Waals surface area contributed by atoms with Crippen molar-refractivity contribution in [2.45, 2.75) is 38.0 Å². The Hall–Kier alpha value is -1.18. The second kappa shape index (κ2) is 6.75. The van der Waals surface area contributed by atoms with Gasteiger partial charge in [-0.1, -0.05) is 0 Å². The number of hydrogen-bond acceptors (Lipinski definition) is 5. The Bertz CT molecular complexity index is 487. The van der Waals surface area contributed by atoms with Crippen molar-refractivity contribution in [1.29, 1.82) is 0 Å². The molecule has 3 heterocycles. The molecule has 5 unspecified atom stereocenters. The van der Waals surface area contributed by atoms with Crippen molar-refractivity contribution >= 4 is 30.1 Å². The zero-order chi connectivity index (χ0) is 16.0. The van der Waals surface area contributed by atoms with Crippen molar-refractivity contribution in [2.24, 2.45) is 11.8 Å². The number of carbonyl (C=O) groups excluding carboxylic acids is 3. The summed E-state index contributed by atoms with van der Waals surface area (Å²) in [5.74, 6) is -1.41. The molecule has 0 radical (unpaired) electrons. The maximum absolute atomic E-state index is 12.6. The molecule has 7 nitrogen and oxygen atoms in total. The normalized spacial score (nSPS) is 32.7. The molecule has 0 aliphatic carbocycles. The molecular formula is C15H24ClN3O4. The summed E-state index contributed by atoms with van der Waals surface area (Å²) in [6.45, 7) is 2.84. The first kappa shape index (κ1) is 18.2. The van der Waals surface area contributed by atoms with Crippen LogP contribution in [0.5, 0.6) is 0 Å². The SMILES string of the molecule is CNCCN(C)C(=O)C(C)N1C(=O)C2C3CCC(O3)C2C1=O.Cl. The molecule has 0 spiro atoms. The third-order valence-electron chi connectivity index (χ3n) is 5.14. The lowest BCUT2D eigenvalue weighted by Crippen LogP contribution is -2.50.